The lowest BCUT2D eigenvalue weighted by atomic mass is 10.1. The Kier molecular flexibility index (Phi) is 6.12. The third kappa shape index (κ3) is 4.90. The maximum absolute atomic E-state index is 13.2. The van der Waals surface area contributed by atoms with E-state index in [1.54, 1.807) is 60.8 Å². The van der Waals surface area contributed by atoms with Crippen molar-refractivity contribution in [1.82, 2.24) is 9.55 Å². The topological polar surface area (TPSA) is 81.1 Å². The second kappa shape index (κ2) is 8.98. The monoisotopic (exact) mass is 465 g/mol. The van der Waals surface area contributed by atoms with Gasteiger partial charge in [-0.2, -0.15) is 0 Å². The molecule has 4 rings (SSSR count). The molecule has 0 fully saturated rings. The van der Waals surface area contributed by atoms with Crippen LogP contribution in [0.1, 0.15) is 5.56 Å². The number of hydrogen-bond acceptors (Lipinski definition) is 4. The molecule has 0 aliphatic rings. The number of rotatable bonds is 6. The number of hydrogen-bond donors (Lipinski definition) is 1. The standard InChI is InChI=1S/C24H20ClN3O3S/c1-17-10-12-18(13-11-17)22-15-28(21-9-5-6-19(25)14-21)24(27-22)32(30,31)16-23(29)26-20-7-3-2-4-8-20/h2-15H,16H2,1H3,(H,26,29). The first-order chi connectivity index (χ1) is 15.3. The molecule has 0 saturated carbocycles. The molecule has 6 nitrogen and oxygen atoms in total. The fourth-order valence-electron chi connectivity index (χ4n) is 3.21. The van der Waals surface area contributed by atoms with Crippen LogP contribution in [0.2, 0.25) is 5.02 Å². The number of carbonyl (C=O) groups is 1. The summed E-state index contributed by atoms with van der Waals surface area (Å²) >= 11 is 6.13. The summed E-state index contributed by atoms with van der Waals surface area (Å²) in [7, 11) is -4.07. The van der Waals surface area contributed by atoms with Crippen molar-refractivity contribution in [2.45, 2.75) is 12.1 Å². The van der Waals surface area contributed by atoms with Crippen molar-refractivity contribution in [2.75, 3.05) is 11.1 Å². The highest BCUT2D eigenvalue weighted by atomic mass is 35.5. The Morgan fingerprint density at radius 1 is 1.00 bits per heavy atom. The summed E-state index contributed by atoms with van der Waals surface area (Å²) in [6.07, 6.45) is 1.64. The van der Waals surface area contributed by atoms with Gasteiger partial charge in [0.25, 0.3) is 0 Å². The lowest BCUT2D eigenvalue weighted by Crippen LogP contribution is -2.25. The fourth-order valence-corrected chi connectivity index (χ4v) is 4.64. The van der Waals surface area contributed by atoms with Crippen LogP contribution < -0.4 is 5.32 Å². The Morgan fingerprint density at radius 3 is 2.41 bits per heavy atom. The summed E-state index contributed by atoms with van der Waals surface area (Å²) < 4.78 is 27.9. The number of anilines is 1. The number of sulfone groups is 1. The van der Waals surface area contributed by atoms with Crippen LogP contribution in [0.3, 0.4) is 0 Å². The van der Waals surface area contributed by atoms with E-state index in [9.17, 15) is 13.2 Å². The summed E-state index contributed by atoms with van der Waals surface area (Å²) in [5, 5.41) is 2.84. The lowest BCUT2D eigenvalue weighted by Gasteiger charge is -2.09. The fraction of sp³-hybridized carbons (Fsp3) is 0.0833. The number of imidazole rings is 1. The molecule has 8 heteroatoms. The number of benzene rings is 3. The van der Waals surface area contributed by atoms with Gasteiger partial charge in [0.2, 0.25) is 20.9 Å². The highest BCUT2D eigenvalue weighted by molar-refractivity contribution is 7.92. The molecule has 1 amide bonds. The van der Waals surface area contributed by atoms with E-state index in [0.29, 0.717) is 22.1 Å². The smallest absolute Gasteiger partial charge is 0.240 e. The SMILES string of the molecule is Cc1ccc(-c2cn(-c3cccc(Cl)c3)c(S(=O)(=O)CC(=O)Nc3ccccc3)n2)cc1. The molecule has 4 aromatic rings. The number of carbonyl (C=O) groups excluding carboxylic acids is 1. The van der Waals surface area contributed by atoms with E-state index in [1.807, 2.05) is 31.2 Å². The molecular weight excluding hydrogens is 446 g/mol. The Morgan fingerprint density at radius 2 is 1.72 bits per heavy atom. The second-order valence-corrected chi connectivity index (χ2v) is 9.62. The van der Waals surface area contributed by atoms with Crippen molar-refractivity contribution in [2.24, 2.45) is 0 Å². The van der Waals surface area contributed by atoms with Gasteiger partial charge in [0.15, 0.2) is 0 Å². The quantitative estimate of drug-likeness (QED) is 0.438. The van der Waals surface area contributed by atoms with Gasteiger partial charge < -0.3 is 5.32 Å². The summed E-state index contributed by atoms with van der Waals surface area (Å²) in [6.45, 7) is 1.97. The molecule has 0 unspecified atom stereocenters. The van der Waals surface area contributed by atoms with Crippen molar-refractivity contribution in [1.29, 1.82) is 0 Å². The molecule has 0 spiro atoms. The number of aromatic nitrogens is 2. The number of amides is 1. The summed E-state index contributed by atoms with van der Waals surface area (Å²) in [4.78, 5) is 16.9. The van der Waals surface area contributed by atoms with E-state index in [1.165, 1.54) is 4.57 Å². The van der Waals surface area contributed by atoms with Crippen LogP contribution in [0.25, 0.3) is 16.9 Å². The minimum atomic E-state index is -4.07. The Bertz CT molecular complexity index is 1370. The van der Waals surface area contributed by atoms with Gasteiger partial charge >= 0.3 is 0 Å². The maximum atomic E-state index is 13.2. The zero-order valence-corrected chi connectivity index (χ0v) is 18.8. The van der Waals surface area contributed by atoms with Crippen LogP contribution >= 0.6 is 11.6 Å². The average molecular weight is 466 g/mol. The highest BCUT2D eigenvalue weighted by Crippen LogP contribution is 2.26. The predicted octanol–water partition coefficient (Wildman–Crippen LogP) is 4.91. The summed E-state index contributed by atoms with van der Waals surface area (Å²) in [5.74, 6) is -1.39. The molecule has 0 aliphatic carbocycles. The number of aryl methyl sites for hydroxylation is 1. The molecule has 3 aromatic carbocycles. The van der Waals surface area contributed by atoms with Crippen LogP contribution in [0, 0.1) is 6.92 Å². The minimum Gasteiger partial charge on any atom is -0.325 e. The van der Waals surface area contributed by atoms with E-state index in [0.717, 1.165) is 11.1 Å². The normalized spacial score (nSPS) is 11.3. The minimum absolute atomic E-state index is 0.224. The first-order valence-corrected chi connectivity index (χ1v) is 11.8. The van der Waals surface area contributed by atoms with Gasteiger partial charge in [0.05, 0.1) is 5.69 Å². The second-order valence-electron chi connectivity index (χ2n) is 7.30. The van der Waals surface area contributed by atoms with Crippen LogP contribution in [0.15, 0.2) is 90.2 Å². The zero-order chi connectivity index (χ0) is 22.7. The molecule has 32 heavy (non-hydrogen) atoms. The molecular formula is C24H20ClN3O3S. The van der Waals surface area contributed by atoms with Gasteiger partial charge in [-0.15, -0.1) is 0 Å². The maximum Gasteiger partial charge on any atom is 0.240 e. The van der Waals surface area contributed by atoms with Gasteiger partial charge in [-0.05, 0) is 37.3 Å². The Balaban J connectivity index is 1.73. The van der Waals surface area contributed by atoms with E-state index in [2.05, 4.69) is 10.3 Å². The molecule has 1 heterocycles. The molecule has 0 atom stereocenters. The Labute approximate surface area is 191 Å². The van der Waals surface area contributed by atoms with Gasteiger partial charge in [-0.25, -0.2) is 13.4 Å². The number of para-hydroxylation sites is 1. The van der Waals surface area contributed by atoms with E-state index in [4.69, 9.17) is 11.6 Å². The Hall–Kier alpha value is -3.42. The van der Waals surface area contributed by atoms with Gasteiger partial charge in [0.1, 0.15) is 5.75 Å². The average Bonchev–Trinajstić information content (AvgIpc) is 3.21. The van der Waals surface area contributed by atoms with Crippen LogP contribution in [-0.2, 0) is 14.6 Å². The third-order valence-electron chi connectivity index (χ3n) is 4.76. The van der Waals surface area contributed by atoms with Crippen molar-refractivity contribution in [3.8, 4) is 16.9 Å². The van der Waals surface area contributed by atoms with E-state index >= 15 is 0 Å². The van der Waals surface area contributed by atoms with Crippen molar-refractivity contribution in [3.05, 3.63) is 95.6 Å². The first kappa shape index (κ1) is 21.8. The van der Waals surface area contributed by atoms with E-state index in [-0.39, 0.29) is 5.16 Å². The summed E-state index contributed by atoms with van der Waals surface area (Å²) in [5.41, 5.74) is 3.37. The summed E-state index contributed by atoms with van der Waals surface area (Å²) in [6, 6.07) is 23.1. The van der Waals surface area contributed by atoms with Crippen molar-refractivity contribution >= 4 is 33.0 Å². The number of halogens is 1. The number of nitrogens with one attached hydrogen (secondary N) is 1. The van der Waals surface area contributed by atoms with Gasteiger partial charge in [-0.1, -0.05) is 65.7 Å². The zero-order valence-electron chi connectivity index (χ0n) is 17.2. The molecule has 1 N–H and O–H groups in total. The molecule has 0 radical (unpaired) electrons. The van der Waals surface area contributed by atoms with Crippen molar-refractivity contribution < 1.29 is 13.2 Å². The molecule has 0 saturated heterocycles. The van der Waals surface area contributed by atoms with Crippen LogP contribution in [-0.4, -0.2) is 29.6 Å². The van der Waals surface area contributed by atoms with Crippen molar-refractivity contribution in [3.63, 3.8) is 0 Å². The van der Waals surface area contributed by atoms with E-state index < -0.39 is 21.5 Å². The predicted molar refractivity (Wildman–Crippen MR) is 126 cm³/mol. The lowest BCUT2D eigenvalue weighted by molar-refractivity contribution is -0.113. The molecule has 162 valence electrons. The van der Waals surface area contributed by atoms with Crippen LogP contribution in [0.5, 0.6) is 0 Å². The van der Waals surface area contributed by atoms with Crippen LogP contribution in [0.4, 0.5) is 5.69 Å². The first-order valence-electron chi connectivity index (χ1n) is 9.82. The third-order valence-corrected chi connectivity index (χ3v) is 6.49. The van der Waals surface area contributed by atoms with Gasteiger partial charge in [-0.3, -0.25) is 9.36 Å². The molecule has 0 aliphatic heterocycles. The molecule has 0 bridgehead atoms. The number of nitrogens with zero attached hydrogens (tertiary/aromatic N) is 2. The molecule has 1 aromatic heterocycles. The highest BCUT2D eigenvalue weighted by Gasteiger charge is 2.27. The van der Waals surface area contributed by atoms with Gasteiger partial charge in [0, 0.05) is 28.2 Å². The largest absolute Gasteiger partial charge is 0.325 e.